The second kappa shape index (κ2) is 6.70. The molecule has 0 saturated carbocycles. The molecular weight excluding hydrogens is 295 g/mol. The van der Waals surface area contributed by atoms with Gasteiger partial charge in [-0.1, -0.05) is 0 Å². The highest BCUT2D eigenvalue weighted by molar-refractivity contribution is 5.62. The maximum absolute atomic E-state index is 13.1. The van der Waals surface area contributed by atoms with Crippen LogP contribution < -0.4 is 5.32 Å². The van der Waals surface area contributed by atoms with Gasteiger partial charge in [0.2, 0.25) is 0 Å². The molecule has 6 nitrogen and oxygen atoms in total. The summed E-state index contributed by atoms with van der Waals surface area (Å²) in [6.07, 6.45) is 3.35. The number of aromatic amines is 1. The minimum atomic E-state index is -0.250. The van der Waals surface area contributed by atoms with Crippen LogP contribution in [0.4, 0.5) is 4.39 Å². The molecule has 0 fully saturated rings. The van der Waals surface area contributed by atoms with Crippen molar-refractivity contribution in [3.8, 4) is 11.3 Å². The van der Waals surface area contributed by atoms with E-state index in [1.54, 1.807) is 24.7 Å². The topological polar surface area (TPSA) is 71.4 Å². The zero-order valence-corrected chi connectivity index (χ0v) is 13.1. The molecule has 2 N–H and O–H groups in total. The van der Waals surface area contributed by atoms with E-state index in [-0.39, 0.29) is 11.9 Å². The van der Waals surface area contributed by atoms with Crippen LogP contribution in [0.3, 0.4) is 0 Å². The number of aryl methyl sites for hydroxylation is 1. The van der Waals surface area contributed by atoms with Crippen LogP contribution in [-0.2, 0) is 13.1 Å². The standard InChI is InChI=1S/C16H19FN6/c1-3-23-16(19-10-21-23)11(2)18-8-13-9-20-22-15(13)12-4-6-14(17)7-5-12/h4-7,9-11,18H,3,8H2,1-2H3,(H,20,22)/t11-/m0/s1. The molecule has 0 aliphatic heterocycles. The quantitative estimate of drug-likeness (QED) is 0.734. The van der Waals surface area contributed by atoms with Gasteiger partial charge in [0.1, 0.15) is 18.0 Å². The second-order valence-electron chi connectivity index (χ2n) is 5.31. The largest absolute Gasteiger partial charge is 0.303 e. The summed E-state index contributed by atoms with van der Waals surface area (Å²) in [5.41, 5.74) is 2.82. The van der Waals surface area contributed by atoms with Crippen molar-refractivity contribution in [2.24, 2.45) is 0 Å². The van der Waals surface area contributed by atoms with E-state index in [1.165, 1.54) is 12.1 Å². The molecule has 0 saturated heterocycles. The second-order valence-corrected chi connectivity index (χ2v) is 5.31. The van der Waals surface area contributed by atoms with Crippen molar-refractivity contribution in [1.82, 2.24) is 30.3 Å². The van der Waals surface area contributed by atoms with Crippen LogP contribution in [0.25, 0.3) is 11.3 Å². The van der Waals surface area contributed by atoms with Crippen molar-refractivity contribution in [2.75, 3.05) is 0 Å². The van der Waals surface area contributed by atoms with Gasteiger partial charge in [0.15, 0.2) is 0 Å². The van der Waals surface area contributed by atoms with E-state index in [0.717, 1.165) is 29.2 Å². The van der Waals surface area contributed by atoms with E-state index >= 15 is 0 Å². The van der Waals surface area contributed by atoms with E-state index in [1.807, 2.05) is 18.5 Å². The summed E-state index contributed by atoms with van der Waals surface area (Å²) < 4.78 is 14.9. The lowest BCUT2D eigenvalue weighted by molar-refractivity contribution is 0.498. The number of hydrogen-bond acceptors (Lipinski definition) is 4. The Bertz CT molecular complexity index is 761. The predicted octanol–water partition coefficient (Wildman–Crippen LogP) is 2.68. The fourth-order valence-electron chi connectivity index (χ4n) is 2.52. The van der Waals surface area contributed by atoms with Crippen LogP contribution in [0.2, 0.25) is 0 Å². The smallest absolute Gasteiger partial charge is 0.143 e. The molecule has 1 aromatic carbocycles. The van der Waals surface area contributed by atoms with Crippen LogP contribution in [0.1, 0.15) is 31.3 Å². The van der Waals surface area contributed by atoms with E-state index in [4.69, 9.17) is 0 Å². The van der Waals surface area contributed by atoms with E-state index < -0.39 is 0 Å². The molecule has 2 heterocycles. The lowest BCUT2D eigenvalue weighted by atomic mass is 10.1. The van der Waals surface area contributed by atoms with E-state index in [0.29, 0.717) is 6.54 Å². The number of aromatic nitrogens is 5. The van der Waals surface area contributed by atoms with Crippen molar-refractivity contribution in [3.05, 3.63) is 54.0 Å². The van der Waals surface area contributed by atoms with Crippen molar-refractivity contribution in [3.63, 3.8) is 0 Å². The summed E-state index contributed by atoms with van der Waals surface area (Å²) >= 11 is 0. The van der Waals surface area contributed by atoms with Crippen molar-refractivity contribution >= 4 is 0 Å². The normalized spacial score (nSPS) is 12.5. The zero-order valence-electron chi connectivity index (χ0n) is 13.1. The van der Waals surface area contributed by atoms with Gasteiger partial charge in [-0.3, -0.25) is 5.10 Å². The number of halogens is 1. The molecule has 0 amide bonds. The summed E-state index contributed by atoms with van der Waals surface area (Å²) in [6, 6.07) is 6.43. The Labute approximate surface area is 133 Å². The Morgan fingerprint density at radius 3 is 2.83 bits per heavy atom. The predicted molar refractivity (Wildman–Crippen MR) is 84.9 cm³/mol. The monoisotopic (exact) mass is 314 g/mol. The number of rotatable bonds is 6. The Kier molecular flexibility index (Phi) is 4.47. The van der Waals surface area contributed by atoms with Crippen LogP contribution in [0, 0.1) is 5.82 Å². The molecule has 0 radical (unpaired) electrons. The lowest BCUT2D eigenvalue weighted by Gasteiger charge is -2.14. The Hall–Kier alpha value is -2.54. The molecule has 0 unspecified atom stereocenters. The maximum Gasteiger partial charge on any atom is 0.143 e. The number of nitrogens with one attached hydrogen (secondary N) is 2. The summed E-state index contributed by atoms with van der Waals surface area (Å²) in [5, 5.41) is 14.7. The van der Waals surface area contributed by atoms with Gasteiger partial charge in [-0.2, -0.15) is 10.2 Å². The van der Waals surface area contributed by atoms with E-state index in [9.17, 15) is 4.39 Å². The molecule has 0 spiro atoms. The van der Waals surface area contributed by atoms with Crippen molar-refractivity contribution in [1.29, 1.82) is 0 Å². The molecule has 1 atom stereocenters. The van der Waals surface area contributed by atoms with Gasteiger partial charge in [-0.05, 0) is 38.1 Å². The zero-order chi connectivity index (χ0) is 16.2. The first-order valence-corrected chi connectivity index (χ1v) is 7.58. The van der Waals surface area contributed by atoms with Crippen molar-refractivity contribution in [2.45, 2.75) is 33.0 Å². The molecule has 0 aliphatic carbocycles. The van der Waals surface area contributed by atoms with Gasteiger partial charge in [0, 0.05) is 24.2 Å². The summed E-state index contributed by atoms with van der Waals surface area (Å²) in [5.74, 6) is 0.653. The summed E-state index contributed by atoms with van der Waals surface area (Å²) in [6.45, 7) is 5.50. The minimum Gasteiger partial charge on any atom is -0.303 e. The first kappa shape index (κ1) is 15.4. The molecular formula is C16H19FN6. The molecule has 120 valence electrons. The third-order valence-corrected chi connectivity index (χ3v) is 3.78. The molecule has 7 heteroatoms. The highest BCUT2D eigenvalue weighted by atomic mass is 19.1. The van der Waals surface area contributed by atoms with Crippen LogP contribution in [0.15, 0.2) is 36.8 Å². The average molecular weight is 314 g/mol. The van der Waals surface area contributed by atoms with Gasteiger partial charge in [-0.15, -0.1) is 0 Å². The fraction of sp³-hybridized carbons (Fsp3) is 0.312. The van der Waals surface area contributed by atoms with Gasteiger partial charge >= 0.3 is 0 Å². The van der Waals surface area contributed by atoms with Crippen molar-refractivity contribution < 1.29 is 4.39 Å². The average Bonchev–Trinajstić information content (AvgIpc) is 3.22. The van der Waals surface area contributed by atoms with Gasteiger partial charge in [-0.25, -0.2) is 14.1 Å². The third-order valence-electron chi connectivity index (χ3n) is 3.78. The highest BCUT2D eigenvalue weighted by Crippen LogP contribution is 2.22. The first-order valence-electron chi connectivity index (χ1n) is 7.58. The Morgan fingerprint density at radius 1 is 1.30 bits per heavy atom. The maximum atomic E-state index is 13.1. The number of nitrogens with zero attached hydrogens (tertiary/aromatic N) is 4. The highest BCUT2D eigenvalue weighted by Gasteiger charge is 2.14. The SMILES string of the molecule is CCn1ncnc1[C@H](C)NCc1cn[nH]c1-c1ccc(F)cc1. The van der Waals surface area contributed by atoms with E-state index in [2.05, 4.69) is 25.6 Å². The third kappa shape index (κ3) is 3.29. The van der Waals surface area contributed by atoms with Crippen LogP contribution >= 0.6 is 0 Å². The van der Waals surface area contributed by atoms with Gasteiger partial charge in [0.25, 0.3) is 0 Å². The summed E-state index contributed by atoms with van der Waals surface area (Å²) in [7, 11) is 0. The number of hydrogen-bond donors (Lipinski definition) is 2. The van der Waals surface area contributed by atoms with Crippen LogP contribution in [-0.4, -0.2) is 25.0 Å². The molecule has 0 aliphatic rings. The first-order chi connectivity index (χ1) is 11.2. The molecule has 2 aromatic heterocycles. The molecule has 0 bridgehead atoms. The molecule has 3 rings (SSSR count). The van der Waals surface area contributed by atoms with Crippen LogP contribution in [0.5, 0.6) is 0 Å². The Balaban J connectivity index is 1.72. The minimum absolute atomic E-state index is 0.0633. The van der Waals surface area contributed by atoms with Gasteiger partial charge in [0.05, 0.1) is 17.9 Å². The van der Waals surface area contributed by atoms with Gasteiger partial charge < -0.3 is 5.32 Å². The lowest BCUT2D eigenvalue weighted by Crippen LogP contribution is -2.22. The summed E-state index contributed by atoms with van der Waals surface area (Å²) in [4.78, 5) is 4.30. The molecule has 23 heavy (non-hydrogen) atoms. The number of benzene rings is 1. The Morgan fingerprint density at radius 2 is 2.09 bits per heavy atom. The number of H-pyrrole nitrogens is 1. The fourth-order valence-corrected chi connectivity index (χ4v) is 2.52. The molecule has 3 aromatic rings.